The van der Waals surface area contributed by atoms with Crippen LogP contribution in [0.15, 0.2) is 24.3 Å². The van der Waals surface area contributed by atoms with E-state index in [2.05, 4.69) is 10.6 Å². The molecule has 0 unspecified atom stereocenters. The molecule has 1 rings (SSSR count). The van der Waals surface area contributed by atoms with Crippen molar-refractivity contribution in [2.45, 2.75) is 6.42 Å². The summed E-state index contributed by atoms with van der Waals surface area (Å²) in [6.07, 6.45) is 0.410. The van der Waals surface area contributed by atoms with Gasteiger partial charge in [0.1, 0.15) is 5.75 Å². The van der Waals surface area contributed by atoms with Crippen LogP contribution >= 0.6 is 0 Å². The van der Waals surface area contributed by atoms with Crippen LogP contribution in [0.3, 0.4) is 0 Å². The molecule has 0 aromatic heterocycles. The first-order valence-corrected chi connectivity index (χ1v) is 5.52. The number of para-hydroxylation sites is 2. The molecule has 0 bridgehead atoms. The van der Waals surface area contributed by atoms with E-state index in [1.807, 2.05) is 0 Å². The van der Waals surface area contributed by atoms with Crippen LogP contribution in [0.1, 0.15) is 6.42 Å². The molecule has 6 nitrogen and oxygen atoms in total. The average Bonchev–Trinajstić information content (AvgIpc) is 2.39. The van der Waals surface area contributed by atoms with Gasteiger partial charge in [-0.25, -0.2) is 0 Å². The number of aliphatic hydroxyl groups is 1. The van der Waals surface area contributed by atoms with Crippen molar-refractivity contribution in [1.29, 1.82) is 0 Å². The Morgan fingerprint density at radius 2 is 2.00 bits per heavy atom. The molecule has 98 valence electrons. The number of rotatable bonds is 5. The largest absolute Gasteiger partial charge is 0.495 e. The molecule has 0 radical (unpaired) electrons. The number of carbonyl (C=O) groups is 2. The predicted molar refractivity (Wildman–Crippen MR) is 66.3 cm³/mol. The molecule has 0 aliphatic heterocycles. The van der Waals surface area contributed by atoms with Gasteiger partial charge in [0.25, 0.3) is 0 Å². The summed E-state index contributed by atoms with van der Waals surface area (Å²) in [5.41, 5.74) is 0.433. The lowest BCUT2D eigenvalue weighted by Gasteiger charge is -2.09. The van der Waals surface area contributed by atoms with Crippen molar-refractivity contribution in [1.82, 2.24) is 5.32 Å². The number of anilines is 1. The van der Waals surface area contributed by atoms with E-state index in [1.165, 1.54) is 7.11 Å². The van der Waals surface area contributed by atoms with Gasteiger partial charge >= 0.3 is 11.8 Å². The highest BCUT2D eigenvalue weighted by Gasteiger charge is 2.14. The van der Waals surface area contributed by atoms with Crippen molar-refractivity contribution in [2.24, 2.45) is 0 Å². The quantitative estimate of drug-likeness (QED) is 0.513. The normalized spacial score (nSPS) is 9.67. The Bertz CT molecular complexity index is 420. The van der Waals surface area contributed by atoms with Crippen molar-refractivity contribution in [3.63, 3.8) is 0 Å². The Morgan fingerprint density at radius 1 is 1.28 bits per heavy atom. The summed E-state index contributed by atoms with van der Waals surface area (Å²) in [4.78, 5) is 22.9. The fourth-order valence-corrected chi connectivity index (χ4v) is 1.29. The maximum atomic E-state index is 11.5. The molecule has 0 spiro atoms. The number of benzene rings is 1. The standard InChI is InChI=1S/C12H16N2O4/c1-18-10-6-3-2-5-9(10)14-12(17)11(16)13-7-4-8-15/h2-3,5-6,15H,4,7-8H2,1H3,(H,13,16)(H,14,17). The molecule has 0 fully saturated rings. The first kappa shape index (κ1) is 14.0. The minimum absolute atomic E-state index is 0.0333. The fourth-order valence-electron chi connectivity index (χ4n) is 1.29. The number of aliphatic hydroxyl groups excluding tert-OH is 1. The summed E-state index contributed by atoms with van der Waals surface area (Å²) in [7, 11) is 1.48. The van der Waals surface area contributed by atoms with E-state index in [0.29, 0.717) is 17.9 Å². The molecule has 1 aromatic carbocycles. The molecule has 0 saturated heterocycles. The van der Waals surface area contributed by atoms with Gasteiger partial charge in [0.05, 0.1) is 12.8 Å². The lowest BCUT2D eigenvalue weighted by atomic mass is 10.3. The van der Waals surface area contributed by atoms with Gasteiger partial charge in [-0.1, -0.05) is 12.1 Å². The lowest BCUT2D eigenvalue weighted by Crippen LogP contribution is -2.36. The van der Waals surface area contributed by atoms with Crippen molar-refractivity contribution < 1.29 is 19.4 Å². The third-order valence-corrected chi connectivity index (χ3v) is 2.18. The molecule has 0 aliphatic carbocycles. The molecule has 18 heavy (non-hydrogen) atoms. The van der Waals surface area contributed by atoms with Crippen LogP contribution in [0.2, 0.25) is 0 Å². The van der Waals surface area contributed by atoms with E-state index in [0.717, 1.165) is 0 Å². The summed E-state index contributed by atoms with van der Waals surface area (Å²) in [6, 6.07) is 6.80. The zero-order chi connectivity index (χ0) is 13.4. The third-order valence-electron chi connectivity index (χ3n) is 2.18. The van der Waals surface area contributed by atoms with Crippen molar-refractivity contribution in [2.75, 3.05) is 25.6 Å². The van der Waals surface area contributed by atoms with Crippen LogP contribution in [-0.2, 0) is 9.59 Å². The van der Waals surface area contributed by atoms with Crippen LogP contribution in [0.4, 0.5) is 5.69 Å². The number of carbonyl (C=O) groups excluding carboxylic acids is 2. The second-order valence-corrected chi connectivity index (χ2v) is 3.49. The summed E-state index contributed by atoms with van der Waals surface area (Å²) in [5.74, 6) is -1.03. The maximum absolute atomic E-state index is 11.5. The number of ether oxygens (including phenoxy) is 1. The molecular weight excluding hydrogens is 236 g/mol. The highest BCUT2D eigenvalue weighted by Crippen LogP contribution is 2.22. The van der Waals surface area contributed by atoms with Gasteiger partial charge in [0, 0.05) is 13.2 Å². The Kier molecular flexibility index (Phi) is 5.66. The van der Waals surface area contributed by atoms with Crippen LogP contribution < -0.4 is 15.4 Å². The third kappa shape index (κ3) is 4.06. The molecule has 0 atom stereocenters. The van der Waals surface area contributed by atoms with E-state index in [4.69, 9.17) is 9.84 Å². The van der Waals surface area contributed by atoms with Gasteiger partial charge in [-0.15, -0.1) is 0 Å². The number of hydrogen-bond donors (Lipinski definition) is 3. The van der Waals surface area contributed by atoms with E-state index in [-0.39, 0.29) is 13.2 Å². The van der Waals surface area contributed by atoms with E-state index >= 15 is 0 Å². The van der Waals surface area contributed by atoms with Gasteiger partial charge in [-0.3, -0.25) is 9.59 Å². The minimum Gasteiger partial charge on any atom is -0.495 e. The van der Waals surface area contributed by atoms with Gasteiger partial charge in [0.2, 0.25) is 0 Å². The topological polar surface area (TPSA) is 87.7 Å². The molecule has 0 saturated carbocycles. The van der Waals surface area contributed by atoms with Gasteiger partial charge in [-0.2, -0.15) is 0 Å². The number of nitrogens with one attached hydrogen (secondary N) is 2. The smallest absolute Gasteiger partial charge is 0.313 e. The first-order chi connectivity index (χ1) is 8.69. The SMILES string of the molecule is COc1ccccc1NC(=O)C(=O)NCCCO. The molecule has 3 N–H and O–H groups in total. The second kappa shape index (κ2) is 7.29. The van der Waals surface area contributed by atoms with Gasteiger partial charge in [0.15, 0.2) is 0 Å². The molecule has 2 amide bonds. The number of amides is 2. The summed E-state index contributed by atoms with van der Waals surface area (Å²) < 4.78 is 5.05. The van der Waals surface area contributed by atoms with Crippen LogP contribution in [-0.4, -0.2) is 37.2 Å². The van der Waals surface area contributed by atoms with Gasteiger partial charge in [-0.05, 0) is 18.6 Å². The Balaban J connectivity index is 2.55. The second-order valence-electron chi connectivity index (χ2n) is 3.49. The molecule has 1 aromatic rings. The number of hydrogen-bond acceptors (Lipinski definition) is 4. The van der Waals surface area contributed by atoms with Crippen LogP contribution in [0, 0.1) is 0 Å². The molecule has 0 aliphatic rings. The highest BCUT2D eigenvalue weighted by atomic mass is 16.5. The molecule has 0 heterocycles. The van der Waals surface area contributed by atoms with Crippen molar-refractivity contribution in [3.8, 4) is 5.75 Å². The minimum atomic E-state index is -0.766. The van der Waals surface area contributed by atoms with Crippen LogP contribution in [0.5, 0.6) is 5.75 Å². The predicted octanol–water partition coefficient (Wildman–Crippen LogP) is 0.132. The lowest BCUT2D eigenvalue weighted by molar-refractivity contribution is -0.136. The zero-order valence-electron chi connectivity index (χ0n) is 10.1. The average molecular weight is 252 g/mol. The first-order valence-electron chi connectivity index (χ1n) is 5.52. The van der Waals surface area contributed by atoms with Crippen LogP contribution in [0.25, 0.3) is 0 Å². The maximum Gasteiger partial charge on any atom is 0.313 e. The molecular formula is C12H16N2O4. The van der Waals surface area contributed by atoms with E-state index in [1.54, 1.807) is 24.3 Å². The van der Waals surface area contributed by atoms with E-state index < -0.39 is 11.8 Å². The monoisotopic (exact) mass is 252 g/mol. The number of methoxy groups -OCH3 is 1. The zero-order valence-corrected chi connectivity index (χ0v) is 10.1. The summed E-state index contributed by atoms with van der Waals surface area (Å²) in [6.45, 7) is 0.225. The molecule has 6 heteroatoms. The Morgan fingerprint density at radius 3 is 2.67 bits per heavy atom. The summed E-state index contributed by atoms with van der Waals surface area (Å²) in [5, 5.41) is 13.4. The van der Waals surface area contributed by atoms with Crippen molar-refractivity contribution >= 4 is 17.5 Å². The van der Waals surface area contributed by atoms with Gasteiger partial charge < -0.3 is 20.5 Å². The van der Waals surface area contributed by atoms with E-state index in [9.17, 15) is 9.59 Å². The summed E-state index contributed by atoms with van der Waals surface area (Å²) >= 11 is 0. The Labute approximate surface area is 105 Å². The fraction of sp³-hybridized carbons (Fsp3) is 0.333. The Hall–Kier alpha value is -2.08. The van der Waals surface area contributed by atoms with Crippen molar-refractivity contribution in [3.05, 3.63) is 24.3 Å². The highest BCUT2D eigenvalue weighted by molar-refractivity contribution is 6.39.